The van der Waals surface area contributed by atoms with Gasteiger partial charge in [0.2, 0.25) is 0 Å². The van der Waals surface area contributed by atoms with Crippen LogP contribution in [0.15, 0.2) is 11.2 Å². The van der Waals surface area contributed by atoms with Gasteiger partial charge in [0.25, 0.3) is 10.0 Å². The van der Waals surface area contributed by atoms with E-state index < -0.39 is 10.0 Å². The first-order valence-corrected chi connectivity index (χ1v) is 6.51. The highest BCUT2D eigenvalue weighted by Gasteiger charge is 2.24. The number of H-pyrrole nitrogens is 1. The summed E-state index contributed by atoms with van der Waals surface area (Å²) in [6.07, 6.45) is 1.28. The maximum absolute atomic E-state index is 12.0. The van der Waals surface area contributed by atoms with Gasteiger partial charge in [0.15, 0.2) is 5.03 Å². The minimum Gasteiger partial charge on any atom is -0.387 e. The smallest absolute Gasteiger partial charge is 0.259 e. The van der Waals surface area contributed by atoms with Gasteiger partial charge in [0.05, 0.1) is 12.0 Å². The molecule has 0 saturated carbocycles. The van der Waals surface area contributed by atoms with E-state index in [1.54, 1.807) is 13.8 Å². The van der Waals surface area contributed by atoms with E-state index in [0.717, 1.165) is 4.31 Å². The van der Waals surface area contributed by atoms with Gasteiger partial charge in [-0.05, 0) is 6.92 Å². The Labute approximate surface area is 101 Å². The van der Waals surface area contributed by atoms with E-state index in [0.29, 0.717) is 5.82 Å². The highest BCUT2D eigenvalue weighted by Crippen LogP contribution is 2.13. The van der Waals surface area contributed by atoms with Crippen molar-refractivity contribution in [1.82, 2.24) is 14.3 Å². The molecule has 0 aliphatic rings. The number of aromatic amines is 1. The van der Waals surface area contributed by atoms with E-state index >= 15 is 0 Å². The number of amidine groups is 1. The molecule has 0 amide bonds. The summed E-state index contributed by atoms with van der Waals surface area (Å²) in [5.74, 6) is 0.184. The molecule has 17 heavy (non-hydrogen) atoms. The Morgan fingerprint density at radius 1 is 1.71 bits per heavy atom. The zero-order valence-electron chi connectivity index (χ0n) is 10.1. The number of nitrogens with two attached hydrogens (primary N) is 1. The molecule has 1 aromatic heterocycles. The van der Waals surface area contributed by atoms with Gasteiger partial charge >= 0.3 is 0 Å². The molecule has 0 bridgehead atoms. The van der Waals surface area contributed by atoms with Gasteiger partial charge in [-0.1, -0.05) is 6.92 Å². The fourth-order valence-corrected chi connectivity index (χ4v) is 2.50. The predicted octanol–water partition coefficient (Wildman–Crippen LogP) is -0.0893. The van der Waals surface area contributed by atoms with Gasteiger partial charge in [0, 0.05) is 19.5 Å². The zero-order chi connectivity index (χ0) is 13.2. The third-order valence-corrected chi connectivity index (χ3v) is 4.16. The Bertz CT molecular complexity index is 507. The van der Waals surface area contributed by atoms with Crippen LogP contribution in [0.1, 0.15) is 12.7 Å². The topological polar surface area (TPSA) is 116 Å². The summed E-state index contributed by atoms with van der Waals surface area (Å²) in [7, 11) is -2.13. The van der Waals surface area contributed by atoms with Crippen LogP contribution in [0.25, 0.3) is 0 Å². The largest absolute Gasteiger partial charge is 0.387 e. The van der Waals surface area contributed by atoms with Crippen LogP contribution in [0.4, 0.5) is 0 Å². The van der Waals surface area contributed by atoms with E-state index in [2.05, 4.69) is 9.97 Å². The van der Waals surface area contributed by atoms with Crippen molar-refractivity contribution in [3.8, 4) is 0 Å². The number of rotatable bonds is 5. The normalized spacial score (nSPS) is 13.9. The lowest BCUT2D eigenvalue weighted by Gasteiger charge is -2.19. The van der Waals surface area contributed by atoms with Crippen LogP contribution >= 0.6 is 0 Å². The summed E-state index contributed by atoms with van der Waals surface area (Å²) < 4.78 is 25.3. The molecule has 0 aromatic carbocycles. The van der Waals surface area contributed by atoms with Gasteiger partial charge in [0.1, 0.15) is 5.82 Å². The van der Waals surface area contributed by atoms with E-state index in [1.165, 1.54) is 13.2 Å². The van der Waals surface area contributed by atoms with Crippen molar-refractivity contribution >= 4 is 15.9 Å². The summed E-state index contributed by atoms with van der Waals surface area (Å²) in [5, 5.41) is 7.29. The predicted molar refractivity (Wildman–Crippen MR) is 64.2 cm³/mol. The molecule has 1 unspecified atom stereocenters. The highest BCUT2D eigenvalue weighted by atomic mass is 32.2. The lowest BCUT2D eigenvalue weighted by atomic mass is 10.2. The van der Waals surface area contributed by atoms with Gasteiger partial charge < -0.3 is 10.7 Å². The molecule has 0 fully saturated rings. The van der Waals surface area contributed by atoms with Crippen LogP contribution in [-0.4, -0.2) is 42.1 Å². The molecule has 1 heterocycles. The Hall–Kier alpha value is -1.41. The molecule has 0 spiro atoms. The third kappa shape index (κ3) is 3.04. The second-order valence-electron chi connectivity index (χ2n) is 3.97. The molecule has 0 aliphatic heterocycles. The van der Waals surface area contributed by atoms with Crippen molar-refractivity contribution < 1.29 is 8.42 Å². The third-order valence-electron chi connectivity index (χ3n) is 2.43. The number of hydrogen-bond acceptors (Lipinski definition) is 4. The first-order chi connectivity index (χ1) is 7.75. The molecule has 4 N–H and O–H groups in total. The van der Waals surface area contributed by atoms with E-state index in [1.807, 2.05) is 0 Å². The Balaban J connectivity index is 2.88. The minimum absolute atomic E-state index is 0.0344. The molecule has 8 heteroatoms. The molecule has 1 atom stereocenters. The second-order valence-corrected chi connectivity index (χ2v) is 5.99. The Kier molecular flexibility index (Phi) is 3.89. The first kappa shape index (κ1) is 13.7. The summed E-state index contributed by atoms with van der Waals surface area (Å²) in [6, 6.07) is 0. The molecule has 0 saturated heterocycles. The van der Waals surface area contributed by atoms with Gasteiger partial charge in [-0.25, -0.2) is 13.4 Å². The standard InChI is InChI=1S/C9H17N5O2S/c1-6(9(10)11)5-14(3)17(15,16)8-4-12-7(2)13-8/h4,6H,5H2,1-3H3,(H3,10,11)(H,12,13). The maximum Gasteiger partial charge on any atom is 0.259 e. The van der Waals surface area contributed by atoms with Crippen molar-refractivity contribution in [3.63, 3.8) is 0 Å². The number of hydrogen-bond donors (Lipinski definition) is 3. The quantitative estimate of drug-likeness (QED) is 0.506. The van der Waals surface area contributed by atoms with Gasteiger partial charge in [-0.3, -0.25) is 5.41 Å². The van der Waals surface area contributed by atoms with Crippen LogP contribution in [0.2, 0.25) is 0 Å². The van der Waals surface area contributed by atoms with Gasteiger partial charge in [-0.15, -0.1) is 0 Å². The zero-order valence-corrected chi connectivity index (χ0v) is 10.9. The van der Waals surface area contributed by atoms with Gasteiger partial charge in [-0.2, -0.15) is 4.31 Å². The maximum atomic E-state index is 12.0. The summed E-state index contributed by atoms with van der Waals surface area (Å²) in [5.41, 5.74) is 5.31. The number of nitrogens with zero attached hydrogens (tertiary/aromatic N) is 2. The molecule has 1 aromatic rings. The molecular formula is C9H17N5O2S. The summed E-state index contributed by atoms with van der Waals surface area (Å²) >= 11 is 0. The van der Waals surface area contributed by atoms with Crippen LogP contribution < -0.4 is 5.73 Å². The number of sulfonamides is 1. The summed E-state index contributed by atoms with van der Waals surface area (Å²) in [4.78, 5) is 6.53. The van der Waals surface area contributed by atoms with E-state index in [4.69, 9.17) is 11.1 Å². The van der Waals surface area contributed by atoms with Crippen LogP contribution in [0, 0.1) is 18.3 Å². The molecule has 7 nitrogen and oxygen atoms in total. The number of nitrogens with one attached hydrogen (secondary N) is 2. The summed E-state index contributed by atoms with van der Waals surface area (Å²) in [6.45, 7) is 3.54. The lowest BCUT2D eigenvalue weighted by Crippen LogP contribution is -2.36. The number of aryl methyl sites for hydroxylation is 1. The van der Waals surface area contributed by atoms with Crippen LogP contribution in [0.3, 0.4) is 0 Å². The minimum atomic E-state index is -3.58. The monoisotopic (exact) mass is 259 g/mol. The fraction of sp³-hybridized carbons (Fsp3) is 0.556. The Morgan fingerprint density at radius 2 is 2.29 bits per heavy atom. The van der Waals surface area contributed by atoms with E-state index in [-0.39, 0.29) is 23.3 Å². The second kappa shape index (κ2) is 4.84. The average Bonchev–Trinajstić information content (AvgIpc) is 2.64. The van der Waals surface area contributed by atoms with E-state index in [9.17, 15) is 8.42 Å². The number of imidazole rings is 1. The molecule has 1 rings (SSSR count). The van der Waals surface area contributed by atoms with Crippen molar-refractivity contribution in [3.05, 3.63) is 12.0 Å². The fourth-order valence-electron chi connectivity index (χ4n) is 1.28. The SMILES string of the molecule is Cc1ncc(S(=O)(=O)N(C)CC(C)C(=N)N)[nH]1. The molecular weight excluding hydrogens is 242 g/mol. The number of aromatic nitrogens is 2. The molecule has 96 valence electrons. The Morgan fingerprint density at radius 3 is 2.71 bits per heavy atom. The van der Waals surface area contributed by atoms with Crippen molar-refractivity contribution in [2.45, 2.75) is 18.9 Å². The van der Waals surface area contributed by atoms with Crippen molar-refractivity contribution in [2.75, 3.05) is 13.6 Å². The van der Waals surface area contributed by atoms with Crippen molar-refractivity contribution in [1.29, 1.82) is 5.41 Å². The van der Waals surface area contributed by atoms with Crippen LogP contribution in [-0.2, 0) is 10.0 Å². The first-order valence-electron chi connectivity index (χ1n) is 5.07. The highest BCUT2D eigenvalue weighted by molar-refractivity contribution is 7.89. The van der Waals surface area contributed by atoms with Crippen molar-refractivity contribution in [2.24, 2.45) is 11.7 Å². The average molecular weight is 259 g/mol. The molecule has 0 radical (unpaired) electrons. The molecule has 0 aliphatic carbocycles. The van der Waals surface area contributed by atoms with Crippen LogP contribution in [0.5, 0.6) is 0 Å². The lowest BCUT2D eigenvalue weighted by molar-refractivity contribution is 0.441.